The molecular weight excluding hydrogens is 370 g/mol. The zero-order chi connectivity index (χ0) is 20.1. The number of pyridine rings is 1. The Kier molecular flexibility index (Phi) is 6.07. The average Bonchev–Trinajstić information content (AvgIpc) is 2.71. The molecule has 0 saturated carbocycles. The van der Waals surface area contributed by atoms with Gasteiger partial charge in [-0.05, 0) is 61.4 Å². The summed E-state index contributed by atoms with van der Waals surface area (Å²) in [5.74, 6) is -0.0899. The second-order valence-corrected chi connectivity index (χ2v) is 7.27. The van der Waals surface area contributed by atoms with Crippen molar-refractivity contribution in [1.29, 1.82) is 5.26 Å². The largest absolute Gasteiger partial charge is 0.325 e. The fourth-order valence-electron chi connectivity index (χ4n) is 2.74. The number of hydrogen-bond donors (Lipinski definition) is 1. The van der Waals surface area contributed by atoms with Crippen LogP contribution in [0.15, 0.2) is 53.6 Å². The first-order chi connectivity index (χ1) is 13.5. The van der Waals surface area contributed by atoms with Crippen LogP contribution in [0.2, 0.25) is 0 Å². The van der Waals surface area contributed by atoms with Gasteiger partial charge in [-0.15, -0.1) is 0 Å². The van der Waals surface area contributed by atoms with Crippen molar-refractivity contribution in [3.05, 3.63) is 65.2 Å². The van der Waals surface area contributed by atoms with Gasteiger partial charge in [0.1, 0.15) is 11.1 Å². The van der Waals surface area contributed by atoms with Crippen LogP contribution in [0, 0.1) is 11.3 Å². The minimum Gasteiger partial charge on any atom is -0.325 e. The van der Waals surface area contributed by atoms with Gasteiger partial charge in [0.05, 0.1) is 16.8 Å². The summed E-state index contributed by atoms with van der Waals surface area (Å²) >= 11 is 1.23. The van der Waals surface area contributed by atoms with E-state index in [1.54, 1.807) is 24.3 Å². The summed E-state index contributed by atoms with van der Waals surface area (Å²) in [6.45, 7) is 3.58. The van der Waals surface area contributed by atoms with E-state index in [1.807, 2.05) is 24.3 Å². The number of ketones is 1. The van der Waals surface area contributed by atoms with Crippen molar-refractivity contribution in [2.75, 3.05) is 11.1 Å². The van der Waals surface area contributed by atoms with Gasteiger partial charge in [-0.3, -0.25) is 9.59 Å². The summed E-state index contributed by atoms with van der Waals surface area (Å²) in [7, 11) is 0. The summed E-state index contributed by atoms with van der Waals surface area (Å²) in [5, 5.41) is 13.7. The van der Waals surface area contributed by atoms with Crippen molar-refractivity contribution in [2.45, 2.75) is 25.3 Å². The van der Waals surface area contributed by atoms with Gasteiger partial charge in [-0.1, -0.05) is 24.8 Å². The third-order valence-electron chi connectivity index (χ3n) is 4.29. The van der Waals surface area contributed by atoms with E-state index in [0.717, 1.165) is 17.3 Å². The Balaban J connectivity index is 1.70. The fourth-order valence-corrected chi connectivity index (χ4v) is 3.50. The Hall–Kier alpha value is -3.17. The van der Waals surface area contributed by atoms with Crippen LogP contribution in [0.25, 0.3) is 10.9 Å². The van der Waals surface area contributed by atoms with Crippen molar-refractivity contribution >= 4 is 40.0 Å². The van der Waals surface area contributed by atoms with Crippen molar-refractivity contribution < 1.29 is 9.59 Å². The number of thioether (sulfide) groups is 1. The van der Waals surface area contributed by atoms with Crippen LogP contribution in [-0.4, -0.2) is 22.4 Å². The normalized spacial score (nSPS) is 10.5. The maximum atomic E-state index is 12.2. The molecule has 0 fully saturated rings. The Morgan fingerprint density at radius 2 is 1.89 bits per heavy atom. The number of Topliss-reactive ketones (excluding diaryl/α,β-unsaturated/α-hetero) is 1. The third kappa shape index (κ3) is 4.56. The van der Waals surface area contributed by atoms with Crippen LogP contribution in [0.5, 0.6) is 0 Å². The molecule has 0 aliphatic carbocycles. The SMILES string of the molecule is CCc1ccc2nc(SCC(=O)Nc3ccc(C(C)=O)cc3)c(C#N)cc2c1. The molecule has 0 radical (unpaired) electrons. The Morgan fingerprint density at radius 3 is 2.54 bits per heavy atom. The lowest BCUT2D eigenvalue weighted by Gasteiger charge is -2.08. The van der Waals surface area contributed by atoms with Crippen LogP contribution < -0.4 is 5.32 Å². The molecule has 0 unspecified atom stereocenters. The monoisotopic (exact) mass is 389 g/mol. The minimum absolute atomic E-state index is 0.0223. The molecule has 140 valence electrons. The van der Waals surface area contributed by atoms with Crippen LogP contribution in [0.4, 0.5) is 5.69 Å². The molecule has 0 bridgehead atoms. The summed E-state index contributed by atoms with van der Waals surface area (Å²) in [4.78, 5) is 28.1. The first-order valence-electron chi connectivity index (χ1n) is 8.87. The lowest BCUT2D eigenvalue weighted by atomic mass is 10.1. The first-order valence-corrected chi connectivity index (χ1v) is 9.86. The summed E-state index contributed by atoms with van der Waals surface area (Å²) in [6, 6.07) is 16.7. The molecule has 0 saturated heterocycles. The van der Waals surface area contributed by atoms with Crippen molar-refractivity contribution in [3.8, 4) is 6.07 Å². The number of nitrogens with zero attached hydrogens (tertiary/aromatic N) is 2. The molecule has 3 rings (SSSR count). The average molecular weight is 389 g/mol. The zero-order valence-electron chi connectivity index (χ0n) is 15.7. The van der Waals surface area contributed by atoms with Gasteiger partial charge in [-0.2, -0.15) is 5.26 Å². The number of aromatic nitrogens is 1. The molecule has 1 heterocycles. The van der Waals surface area contributed by atoms with E-state index in [2.05, 4.69) is 23.3 Å². The van der Waals surface area contributed by atoms with Gasteiger partial charge in [0.2, 0.25) is 5.91 Å². The summed E-state index contributed by atoms with van der Waals surface area (Å²) in [5.41, 5.74) is 3.67. The van der Waals surface area contributed by atoms with Crippen LogP contribution in [0.3, 0.4) is 0 Å². The summed E-state index contributed by atoms with van der Waals surface area (Å²) < 4.78 is 0. The van der Waals surface area contributed by atoms with Gasteiger partial charge in [0, 0.05) is 16.6 Å². The summed E-state index contributed by atoms with van der Waals surface area (Å²) in [6.07, 6.45) is 0.919. The predicted octanol–water partition coefficient (Wildman–Crippen LogP) is 4.60. The van der Waals surface area contributed by atoms with E-state index < -0.39 is 0 Å². The fraction of sp³-hybridized carbons (Fsp3) is 0.182. The van der Waals surface area contributed by atoms with Crippen LogP contribution in [-0.2, 0) is 11.2 Å². The van der Waals surface area contributed by atoms with Gasteiger partial charge in [0.25, 0.3) is 0 Å². The van der Waals surface area contributed by atoms with Crippen LogP contribution in [0.1, 0.15) is 35.3 Å². The van der Waals surface area contributed by atoms with Gasteiger partial charge >= 0.3 is 0 Å². The van der Waals surface area contributed by atoms with Crippen molar-refractivity contribution in [3.63, 3.8) is 0 Å². The second kappa shape index (κ2) is 8.68. The Labute approximate surface area is 167 Å². The molecule has 3 aromatic rings. The molecule has 5 nitrogen and oxygen atoms in total. The molecule has 1 N–H and O–H groups in total. The molecule has 0 spiro atoms. The van der Waals surface area contributed by atoms with Crippen molar-refractivity contribution in [2.24, 2.45) is 0 Å². The lowest BCUT2D eigenvalue weighted by Crippen LogP contribution is -2.14. The highest BCUT2D eigenvalue weighted by molar-refractivity contribution is 8.00. The molecule has 0 atom stereocenters. The minimum atomic E-state index is -0.201. The third-order valence-corrected chi connectivity index (χ3v) is 5.28. The van der Waals surface area contributed by atoms with Gasteiger partial charge in [-0.25, -0.2) is 4.98 Å². The smallest absolute Gasteiger partial charge is 0.234 e. The number of fused-ring (bicyclic) bond motifs is 1. The molecule has 1 amide bonds. The number of benzene rings is 2. The van der Waals surface area contributed by atoms with Crippen molar-refractivity contribution in [1.82, 2.24) is 4.98 Å². The number of carbonyl (C=O) groups is 2. The Morgan fingerprint density at radius 1 is 1.14 bits per heavy atom. The number of nitrogens with one attached hydrogen (secondary N) is 1. The zero-order valence-corrected chi connectivity index (χ0v) is 16.5. The predicted molar refractivity (Wildman–Crippen MR) is 112 cm³/mol. The molecule has 1 aromatic heterocycles. The van der Waals surface area contributed by atoms with E-state index in [0.29, 0.717) is 21.8 Å². The van der Waals surface area contributed by atoms with E-state index in [1.165, 1.54) is 24.2 Å². The molecule has 0 aliphatic rings. The number of aryl methyl sites for hydroxylation is 1. The van der Waals surface area contributed by atoms with E-state index in [9.17, 15) is 14.9 Å². The maximum Gasteiger partial charge on any atom is 0.234 e. The number of carbonyl (C=O) groups excluding carboxylic acids is 2. The van der Waals surface area contributed by atoms with Gasteiger partial charge < -0.3 is 5.32 Å². The second-order valence-electron chi connectivity index (χ2n) is 6.30. The highest BCUT2D eigenvalue weighted by Crippen LogP contribution is 2.25. The topological polar surface area (TPSA) is 82.8 Å². The highest BCUT2D eigenvalue weighted by Gasteiger charge is 2.11. The molecule has 2 aromatic carbocycles. The molecule has 6 heteroatoms. The van der Waals surface area contributed by atoms with Gasteiger partial charge in [0.15, 0.2) is 5.78 Å². The number of hydrogen-bond acceptors (Lipinski definition) is 5. The molecule has 28 heavy (non-hydrogen) atoms. The maximum absolute atomic E-state index is 12.2. The number of nitriles is 1. The molecular formula is C22H19N3O2S. The van der Waals surface area contributed by atoms with E-state index in [-0.39, 0.29) is 17.4 Å². The molecule has 0 aliphatic heterocycles. The van der Waals surface area contributed by atoms with Crippen LogP contribution >= 0.6 is 11.8 Å². The van der Waals surface area contributed by atoms with E-state index in [4.69, 9.17) is 0 Å². The quantitative estimate of drug-likeness (QED) is 0.492. The number of anilines is 1. The first kappa shape index (κ1) is 19.6. The number of amides is 1. The lowest BCUT2D eigenvalue weighted by molar-refractivity contribution is -0.113. The highest BCUT2D eigenvalue weighted by atomic mass is 32.2. The number of rotatable bonds is 6. The Bertz CT molecular complexity index is 1090. The standard InChI is InChI=1S/C22H19N3O2S/c1-3-15-4-9-20-17(10-15)11-18(12-23)22(25-20)28-13-21(27)24-19-7-5-16(6-8-19)14(2)26/h4-11H,3,13H2,1-2H3,(H,24,27). The van der Waals surface area contributed by atoms with E-state index >= 15 is 0 Å².